The lowest BCUT2D eigenvalue weighted by molar-refractivity contribution is 0.150. The highest BCUT2D eigenvalue weighted by Crippen LogP contribution is 2.17. The van der Waals surface area contributed by atoms with E-state index in [2.05, 4.69) is 11.8 Å². The number of aliphatic hydroxyl groups is 1. The molecule has 1 unspecified atom stereocenters. The zero-order valence-corrected chi connectivity index (χ0v) is 9.28. The summed E-state index contributed by atoms with van der Waals surface area (Å²) in [6.07, 6.45) is 0.0584. The van der Waals surface area contributed by atoms with Crippen molar-refractivity contribution in [1.82, 2.24) is 4.90 Å². The van der Waals surface area contributed by atoms with Crippen LogP contribution in [-0.2, 0) is 0 Å². The molecule has 1 aromatic rings. The van der Waals surface area contributed by atoms with Crippen LogP contribution in [0.15, 0.2) is 24.3 Å². The van der Waals surface area contributed by atoms with Gasteiger partial charge in [0.15, 0.2) is 0 Å². The Balaban J connectivity index is 2.50. The predicted octanol–water partition coefficient (Wildman–Crippen LogP) is 2.20. The summed E-state index contributed by atoms with van der Waals surface area (Å²) in [7, 11) is 2.00. The molecule has 0 spiro atoms. The minimum Gasteiger partial charge on any atom is -0.388 e. The third kappa shape index (κ3) is 3.98. The lowest BCUT2D eigenvalue weighted by atomic mass is 10.1. The number of hydrogen-bond donors (Lipinski definition) is 1. The van der Waals surface area contributed by atoms with Gasteiger partial charge in [-0.3, -0.25) is 0 Å². The van der Waals surface area contributed by atoms with Gasteiger partial charge in [-0.05, 0) is 37.7 Å². The summed E-state index contributed by atoms with van der Waals surface area (Å²) in [5.41, 5.74) is 0.652. The molecule has 3 heteroatoms. The number of halogens is 1. The average molecular weight is 211 g/mol. The number of hydrogen-bond acceptors (Lipinski definition) is 2. The first-order valence-electron chi connectivity index (χ1n) is 5.25. The van der Waals surface area contributed by atoms with Crippen molar-refractivity contribution >= 4 is 0 Å². The molecule has 15 heavy (non-hydrogen) atoms. The Morgan fingerprint density at radius 2 is 2.20 bits per heavy atom. The fourth-order valence-corrected chi connectivity index (χ4v) is 1.38. The second kappa shape index (κ2) is 5.83. The van der Waals surface area contributed by atoms with Gasteiger partial charge in [0.2, 0.25) is 0 Å². The Hall–Kier alpha value is -0.930. The summed E-state index contributed by atoms with van der Waals surface area (Å²) in [6, 6.07) is 6.14. The third-order valence-electron chi connectivity index (χ3n) is 2.56. The lowest BCUT2D eigenvalue weighted by Crippen LogP contribution is -2.20. The van der Waals surface area contributed by atoms with Gasteiger partial charge in [-0.2, -0.15) is 0 Å². The van der Waals surface area contributed by atoms with E-state index < -0.39 is 6.10 Å². The van der Waals surface area contributed by atoms with E-state index in [0.717, 1.165) is 13.1 Å². The van der Waals surface area contributed by atoms with E-state index in [1.165, 1.54) is 12.1 Å². The molecule has 84 valence electrons. The maximum absolute atomic E-state index is 12.9. The first-order chi connectivity index (χ1) is 7.13. The molecule has 0 saturated carbocycles. The molecule has 0 aliphatic carbocycles. The standard InChI is InChI=1S/C12H18FNO/c1-3-14(2)8-7-12(15)10-5-4-6-11(13)9-10/h4-6,9,12,15H,3,7-8H2,1-2H3. The topological polar surface area (TPSA) is 23.5 Å². The highest BCUT2D eigenvalue weighted by Gasteiger charge is 2.08. The van der Waals surface area contributed by atoms with Crippen LogP contribution >= 0.6 is 0 Å². The maximum atomic E-state index is 12.9. The van der Waals surface area contributed by atoms with E-state index in [1.807, 2.05) is 7.05 Å². The van der Waals surface area contributed by atoms with Crippen molar-refractivity contribution in [1.29, 1.82) is 0 Å². The quantitative estimate of drug-likeness (QED) is 0.807. The fourth-order valence-electron chi connectivity index (χ4n) is 1.38. The molecule has 0 heterocycles. The minimum atomic E-state index is -0.574. The molecule has 1 N–H and O–H groups in total. The molecular formula is C12H18FNO. The fraction of sp³-hybridized carbons (Fsp3) is 0.500. The van der Waals surface area contributed by atoms with Gasteiger partial charge >= 0.3 is 0 Å². The van der Waals surface area contributed by atoms with Crippen LogP contribution in [0, 0.1) is 5.82 Å². The lowest BCUT2D eigenvalue weighted by Gasteiger charge is -2.17. The van der Waals surface area contributed by atoms with Crippen LogP contribution in [0.4, 0.5) is 4.39 Å². The average Bonchev–Trinajstić information content (AvgIpc) is 2.25. The Labute approximate surface area is 90.3 Å². The zero-order chi connectivity index (χ0) is 11.3. The molecular weight excluding hydrogens is 193 g/mol. The van der Waals surface area contributed by atoms with Gasteiger partial charge in [-0.25, -0.2) is 4.39 Å². The molecule has 1 aromatic carbocycles. The predicted molar refractivity (Wildman–Crippen MR) is 59.1 cm³/mol. The van der Waals surface area contributed by atoms with Gasteiger partial charge in [0, 0.05) is 6.54 Å². The summed E-state index contributed by atoms with van der Waals surface area (Å²) in [4.78, 5) is 2.11. The van der Waals surface area contributed by atoms with Crippen LogP contribution in [0.3, 0.4) is 0 Å². The van der Waals surface area contributed by atoms with E-state index in [9.17, 15) is 9.50 Å². The summed E-state index contributed by atoms with van der Waals surface area (Å²) in [6.45, 7) is 3.83. The van der Waals surface area contributed by atoms with Crippen LogP contribution < -0.4 is 0 Å². The Bertz CT molecular complexity index is 303. The van der Waals surface area contributed by atoms with Gasteiger partial charge in [0.25, 0.3) is 0 Å². The summed E-state index contributed by atoms with van der Waals surface area (Å²) in [5.74, 6) is -0.296. The molecule has 0 amide bonds. The summed E-state index contributed by atoms with van der Waals surface area (Å²) >= 11 is 0. The Kier molecular flexibility index (Phi) is 4.72. The first kappa shape index (κ1) is 12.1. The van der Waals surface area contributed by atoms with E-state index in [-0.39, 0.29) is 5.82 Å². The molecule has 0 radical (unpaired) electrons. The van der Waals surface area contributed by atoms with Crippen molar-refractivity contribution < 1.29 is 9.50 Å². The molecule has 0 aliphatic heterocycles. The second-order valence-electron chi connectivity index (χ2n) is 3.76. The Morgan fingerprint density at radius 1 is 1.47 bits per heavy atom. The van der Waals surface area contributed by atoms with Gasteiger partial charge in [-0.15, -0.1) is 0 Å². The Morgan fingerprint density at radius 3 is 2.80 bits per heavy atom. The van der Waals surface area contributed by atoms with Crippen molar-refractivity contribution in [3.63, 3.8) is 0 Å². The third-order valence-corrected chi connectivity index (χ3v) is 2.56. The van der Waals surface area contributed by atoms with E-state index in [4.69, 9.17) is 0 Å². The van der Waals surface area contributed by atoms with Gasteiger partial charge in [0.1, 0.15) is 5.82 Å². The van der Waals surface area contributed by atoms with Gasteiger partial charge in [-0.1, -0.05) is 19.1 Å². The van der Waals surface area contributed by atoms with Crippen LogP contribution in [0.25, 0.3) is 0 Å². The molecule has 0 bridgehead atoms. The van der Waals surface area contributed by atoms with Gasteiger partial charge < -0.3 is 10.0 Å². The normalized spacial score (nSPS) is 13.1. The van der Waals surface area contributed by atoms with Crippen LogP contribution in [0.5, 0.6) is 0 Å². The second-order valence-corrected chi connectivity index (χ2v) is 3.76. The van der Waals surface area contributed by atoms with Gasteiger partial charge in [0.05, 0.1) is 6.10 Å². The summed E-state index contributed by atoms with van der Waals surface area (Å²) < 4.78 is 12.9. The molecule has 0 fully saturated rings. The molecule has 0 aliphatic rings. The van der Waals surface area contributed by atoms with Crippen LogP contribution in [0.2, 0.25) is 0 Å². The molecule has 1 rings (SSSR count). The van der Waals surface area contributed by atoms with Crippen LogP contribution in [-0.4, -0.2) is 30.1 Å². The molecule has 0 aromatic heterocycles. The molecule has 1 atom stereocenters. The van der Waals surface area contributed by atoms with E-state index >= 15 is 0 Å². The highest BCUT2D eigenvalue weighted by atomic mass is 19.1. The summed E-state index contributed by atoms with van der Waals surface area (Å²) in [5, 5.41) is 9.80. The zero-order valence-electron chi connectivity index (χ0n) is 9.28. The monoisotopic (exact) mass is 211 g/mol. The largest absolute Gasteiger partial charge is 0.388 e. The first-order valence-corrected chi connectivity index (χ1v) is 5.25. The van der Waals surface area contributed by atoms with E-state index in [1.54, 1.807) is 12.1 Å². The van der Waals surface area contributed by atoms with Crippen molar-refractivity contribution in [3.05, 3.63) is 35.6 Å². The van der Waals surface area contributed by atoms with Crippen molar-refractivity contribution in [3.8, 4) is 0 Å². The smallest absolute Gasteiger partial charge is 0.123 e. The SMILES string of the molecule is CCN(C)CCC(O)c1cccc(F)c1. The highest BCUT2D eigenvalue weighted by molar-refractivity contribution is 5.18. The number of rotatable bonds is 5. The number of benzene rings is 1. The number of aliphatic hydroxyl groups excluding tert-OH is 1. The van der Waals surface area contributed by atoms with Crippen molar-refractivity contribution in [2.24, 2.45) is 0 Å². The maximum Gasteiger partial charge on any atom is 0.123 e. The van der Waals surface area contributed by atoms with E-state index in [0.29, 0.717) is 12.0 Å². The van der Waals surface area contributed by atoms with Crippen molar-refractivity contribution in [2.75, 3.05) is 20.1 Å². The van der Waals surface area contributed by atoms with Crippen LogP contribution in [0.1, 0.15) is 25.0 Å². The van der Waals surface area contributed by atoms with Crippen molar-refractivity contribution in [2.45, 2.75) is 19.4 Å². The molecule has 2 nitrogen and oxygen atoms in total. The number of nitrogens with zero attached hydrogens (tertiary/aromatic N) is 1. The molecule has 0 saturated heterocycles. The minimum absolute atomic E-state index is 0.296.